The lowest BCUT2D eigenvalue weighted by atomic mass is 10.5. The zero-order valence-electron chi connectivity index (χ0n) is 6.66. The third-order valence-corrected chi connectivity index (χ3v) is 3.13. The van der Waals surface area contributed by atoms with Gasteiger partial charge in [-0.05, 0) is 24.2 Å². The van der Waals surface area contributed by atoms with Crippen LogP contribution in [0.15, 0.2) is 24.5 Å². The summed E-state index contributed by atoms with van der Waals surface area (Å²) < 4.78 is 15.8. The molecule has 1 unspecified atom stereocenters. The molecule has 0 aliphatic heterocycles. The van der Waals surface area contributed by atoms with E-state index in [9.17, 15) is 4.57 Å². The van der Waals surface area contributed by atoms with E-state index in [1.54, 1.807) is 19.1 Å². The lowest BCUT2D eigenvalue weighted by molar-refractivity contribution is 0.457. The Bertz CT molecular complexity index is 199. The molecule has 1 atom stereocenters. The molecule has 0 aliphatic carbocycles. The van der Waals surface area contributed by atoms with Gasteiger partial charge >= 0.3 is 6.72 Å². The quantitative estimate of drug-likeness (QED) is 0.389. The molecule has 0 aromatic rings. The second kappa shape index (κ2) is 5.45. The highest BCUT2D eigenvalue weighted by molar-refractivity contribution is 7.85. The Morgan fingerprint density at radius 1 is 1.55 bits per heavy atom. The lowest BCUT2D eigenvalue weighted by Gasteiger charge is -2.04. The fraction of sp³-hybridized carbons (Fsp3) is 0.429. The monoisotopic (exact) mass is 194 g/mol. The molecule has 0 aliphatic rings. The minimum Gasteiger partial charge on any atom is -0.441 e. The second-order valence-corrected chi connectivity index (χ2v) is 5.44. The molecule has 0 saturated carbocycles. The Labute approximate surface area is 72.1 Å². The largest absolute Gasteiger partial charge is 0.441 e. The van der Waals surface area contributed by atoms with E-state index >= 15 is 0 Å². The van der Waals surface area contributed by atoms with Crippen molar-refractivity contribution in [1.82, 2.24) is 0 Å². The third-order valence-electron chi connectivity index (χ3n) is 0.978. The molecule has 64 valence electrons. The van der Waals surface area contributed by atoms with Crippen molar-refractivity contribution >= 4 is 18.0 Å². The molecular weight excluding hydrogens is 183 g/mol. The molecule has 0 bridgehead atoms. The average molecular weight is 195 g/mol. The fourth-order valence-electron chi connectivity index (χ4n) is 0.357. The summed E-state index contributed by atoms with van der Waals surface area (Å²) in [6.07, 6.45) is 6.94. The second-order valence-electron chi connectivity index (χ2n) is 1.87. The van der Waals surface area contributed by atoms with E-state index in [4.69, 9.17) is 15.8 Å². The van der Waals surface area contributed by atoms with Gasteiger partial charge in [-0.25, -0.2) is 0 Å². The van der Waals surface area contributed by atoms with E-state index < -0.39 is 6.72 Å². The van der Waals surface area contributed by atoms with E-state index in [2.05, 4.69) is 0 Å². The van der Waals surface area contributed by atoms with Crippen LogP contribution >= 0.6 is 18.0 Å². The van der Waals surface area contributed by atoms with Gasteiger partial charge in [0.25, 0.3) is 0 Å². The van der Waals surface area contributed by atoms with E-state index in [-0.39, 0.29) is 0 Å². The smallest absolute Gasteiger partial charge is 0.335 e. The number of rotatable bonds is 4. The summed E-state index contributed by atoms with van der Waals surface area (Å²) >= 11 is 5.46. The molecule has 0 N–H and O–H groups in total. The summed E-state index contributed by atoms with van der Waals surface area (Å²) in [7, 11) is 0. The van der Waals surface area contributed by atoms with E-state index in [0.717, 1.165) is 0 Å². The average Bonchev–Trinajstić information content (AvgIpc) is 1.99. The normalized spacial score (nSPS) is 17.4. The molecular formula is C7H12ClO2P. The van der Waals surface area contributed by atoms with Crippen LogP contribution in [-0.2, 0) is 9.09 Å². The number of hydrogen-bond acceptors (Lipinski definition) is 2. The van der Waals surface area contributed by atoms with Crippen molar-refractivity contribution < 1.29 is 9.09 Å². The maximum atomic E-state index is 11.0. The molecule has 0 amide bonds. The van der Waals surface area contributed by atoms with Crippen molar-refractivity contribution in [2.75, 3.05) is 6.16 Å². The summed E-state index contributed by atoms with van der Waals surface area (Å²) in [6.45, 7) is 0.737. The minimum atomic E-state index is -2.86. The molecule has 0 fully saturated rings. The molecule has 2 nitrogen and oxygen atoms in total. The van der Waals surface area contributed by atoms with Gasteiger partial charge in [0, 0.05) is 6.16 Å². The van der Waals surface area contributed by atoms with Crippen LogP contribution < -0.4 is 0 Å². The van der Waals surface area contributed by atoms with Gasteiger partial charge in [0.05, 0.1) is 6.26 Å². The van der Waals surface area contributed by atoms with Crippen LogP contribution in [-0.4, -0.2) is 6.16 Å². The zero-order chi connectivity index (χ0) is 8.74. The zero-order valence-corrected chi connectivity index (χ0v) is 8.31. The van der Waals surface area contributed by atoms with Crippen LogP contribution in [0.5, 0.6) is 0 Å². The lowest BCUT2D eigenvalue weighted by Crippen LogP contribution is -1.77. The summed E-state index contributed by atoms with van der Waals surface area (Å²) in [6, 6.07) is 0. The highest BCUT2D eigenvalue weighted by Gasteiger charge is 2.13. The van der Waals surface area contributed by atoms with Crippen molar-refractivity contribution in [1.29, 1.82) is 0 Å². The van der Waals surface area contributed by atoms with E-state index in [1.165, 1.54) is 6.26 Å². The maximum absolute atomic E-state index is 11.0. The van der Waals surface area contributed by atoms with Crippen molar-refractivity contribution in [2.45, 2.75) is 13.8 Å². The molecule has 0 saturated heterocycles. The van der Waals surface area contributed by atoms with Gasteiger partial charge in [0.1, 0.15) is 0 Å². The summed E-state index contributed by atoms with van der Waals surface area (Å²) in [5.41, 5.74) is 0. The van der Waals surface area contributed by atoms with Gasteiger partial charge in [-0.3, -0.25) is 4.57 Å². The molecule has 0 radical (unpaired) electrons. The van der Waals surface area contributed by atoms with Crippen LogP contribution in [0.3, 0.4) is 0 Å². The van der Waals surface area contributed by atoms with Gasteiger partial charge in [0.2, 0.25) is 0 Å². The van der Waals surface area contributed by atoms with Gasteiger partial charge in [-0.2, -0.15) is 0 Å². The van der Waals surface area contributed by atoms with Crippen molar-refractivity contribution in [3.8, 4) is 0 Å². The molecule has 11 heavy (non-hydrogen) atoms. The van der Waals surface area contributed by atoms with Crippen LogP contribution in [0.2, 0.25) is 0 Å². The van der Waals surface area contributed by atoms with Gasteiger partial charge < -0.3 is 4.52 Å². The Morgan fingerprint density at radius 3 is 2.64 bits per heavy atom. The van der Waals surface area contributed by atoms with Gasteiger partial charge in [-0.1, -0.05) is 19.1 Å². The summed E-state index contributed by atoms with van der Waals surface area (Å²) in [5.74, 6) is 0. The first-order valence-electron chi connectivity index (χ1n) is 3.37. The SMILES string of the molecule is CC=CC=COP(=O)(Cl)CC. The van der Waals surface area contributed by atoms with Gasteiger partial charge in [-0.15, -0.1) is 0 Å². The predicted octanol–water partition coefficient (Wildman–Crippen LogP) is 3.54. The molecule has 0 aromatic heterocycles. The predicted molar refractivity (Wildman–Crippen MR) is 49.0 cm³/mol. The number of halogens is 1. The Balaban J connectivity index is 3.78. The van der Waals surface area contributed by atoms with Crippen molar-refractivity contribution in [2.24, 2.45) is 0 Å². The number of allylic oxidation sites excluding steroid dienone is 3. The number of hydrogen-bond donors (Lipinski definition) is 0. The Hall–Kier alpha value is -0.200. The first-order valence-corrected chi connectivity index (χ1v) is 6.09. The first-order chi connectivity index (χ1) is 5.12. The summed E-state index contributed by atoms with van der Waals surface area (Å²) in [5, 5.41) is 0. The highest BCUT2D eigenvalue weighted by atomic mass is 35.7. The van der Waals surface area contributed by atoms with E-state index in [0.29, 0.717) is 6.16 Å². The fourth-order valence-corrected chi connectivity index (χ4v) is 0.896. The maximum Gasteiger partial charge on any atom is 0.335 e. The first kappa shape index (κ1) is 10.8. The van der Waals surface area contributed by atoms with E-state index in [1.807, 2.05) is 13.0 Å². The van der Waals surface area contributed by atoms with Crippen molar-refractivity contribution in [3.63, 3.8) is 0 Å². The standard InChI is InChI=1S/C7H12ClO2P/c1-3-5-6-7-10-11(8,9)4-2/h3,5-7H,4H2,1-2H3. The highest BCUT2D eigenvalue weighted by Crippen LogP contribution is 2.51. The molecule has 4 heteroatoms. The molecule has 0 spiro atoms. The van der Waals surface area contributed by atoms with Crippen LogP contribution in [0.25, 0.3) is 0 Å². The molecule has 0 rings (SSSR count). The van der Waals surface area contributed by atoms with Crippen molar-refractivity contribution in [3.05, 3.63) is 24.5 Å². The Kier molecular flexibility index (Phi) is 5.35. The molecule has 0 aromatic carbocycles. The topological polar surface area (TPSA) is 26.3 Å². The van der Waals surface area contributed by atoms with Crippen LogP contribution in [0.4, 0.5) is 0 Å². The van der Waals surface area contributed by atoms with Crippen LogP contribution in [0.1, 0.15) is 13.8 Å². The van der Waals surface area contributed by atoms with Crippen LogP contribution in [0, 0.1) is 0 Å². The summed E-state index contributed by atoms with van der Waals surface area (Å²) in [4.78, 5) is 0. The minimum absolute atomic E-state index is 0.342. The molecule has 0 heterocycles. The Morgan fingerprint density at radius 2 is 2.18 bits per heavy atom. The third kappa shape index (κ3) is 6.21. The van der Waals surface area contributed by atoms with Gasteiger partial charge in [0.15, 0.2) is 0 Å².